The molecule has 5 unspecified atom stereocenters. The van der Waals surface area contributed by atoms with Gasteiger partial charge in [-0.2, -0.15) is 31.4 Å². The summed E-state index contributed by atoms with van der Waals surface area (Å²) in [7, 11) is 1.28. The van der Waals surface area contributed by atoms with Gasteiger partial charge in [-0.05, 0) is 12.1 Å². The molecule has 2 aliphatic rings. The van der Waals surface area contributed by atoms with Gasteiger partial charge in [-0.15, -0.1) is 0 Å². The predicted octanol–water partition coefficient (Wildman–Crippen LogP) is 2.72. The number of pyridine rings is 1. The van der Waals surface area contributed by atoms with Gasteiger partial charge in [-0.3, -0.25) is 9.48 Å². The second-order valence-electron chi connectivity index (χ2n) is 7.52. The Morgan fingerprint density at radius 1 is 1.26 bits per heavy atom. The molecule has 31 heavy (non-hydrogen) atoms. The largest absolute Gasteiger partial charge is 0.435 e. The molecule has 0 radical (unpaired) electrons. The third-order valence-corrected chi connectivity index (χ3v) is 5.45. The van der Waals surface area contributed by atoms with Crippen LogP contribution in [-0.2, 0) is 28.9 Å². The summed E-state index contributed by atoms with van der Waals surface area (Å²) >= 11 is 0. The van der Waals surface area contributed by atoms with Crippen molar-refractivity contribution in [3.63, 3.8) is 0 Å². The van der Waals surface area contributed by atoms with E-state index in [1.807, 2.05) is 0 Å². The van der Waals surface area contributed by atoms with Crippen molar-refractivity contribution in [1.82, 2.24) is 14.8 Å². The van der Waals surface area contributed by atoms with E-state index in [4.69, 9.17) is 4.74 Å². The van der Waals surface area contributed by atoms with E-state index in [-0.39, 0.29) is 12.0 Å². The number of hydrogen-bond acceptors (Lipinski definition) is 5. The number of carbonyl (C=O) groups excluding carboxylic acids is 1. The molecule has 2 aromatic rings. The number of aliphatic hydroxyl groups is 1. The molecule has 13 heteroatoms. The molecule has 0 saturated carbocycles. The highest BCUT2D eigenvalue weighted by Crippen LogP contribution is 2.51. The number of halogens is 6. The lowest BCUT2D eigenvalue weighted by Gasteiger charge is -2.30. The van der Waals surface area contributed by atoms with Crippen molar-refractivity contribution in [3.8, 4) is 0 Å². The molecule has 5 atom stereocenters. The van der Waals surface area contributed by atoms with E-state index in [1.54, 1.807) is 0 Å². The highest BCUT2D eigenvalue weighted by molar-refractivity contribution is 5.93. The number of hydrogen-bond donors (Lipinski definition) is 2. The van der Waals surface area contributed by atoms with Crippen LogP contribution >= 0.6 is 0 Å². The third-order valence-electron chi connectivity index (χ3n) is 5.45. The Balaban J connectivity index is 1.67. The lowest BCUT2D eigenvalue weighted by atomic mass is 9.74. The molecule has 168 valence electrons. The van der Waals surface area contributed by atoms with Crippen LogP contribution < -0.4 is 5.32 Å². The number of aromatic nitrogens is 3. The minimum Gasteiger partial charge on any atom is -0.390 e. The fraction of sp³-hybridized carbons (Fsp3) is 0.500. The summed E-state index contributed by atoms with van der Waals surface area (Å²) in [5.74, 6) is -3.63. The molecule has 2 saturated heterocycles. The van der Waals surface area contributed by atoms with Gasteiger partial charge in [0.25, 0.3) is 0 Å². The zero-order valence-corrected chi connectivity index (χ0v) is 15.8. The van der Waals surface area contributed by atoms with Gasteiger partial charge in [0, 0.05) is 37.3 Å². The van der Waals surface area contributed by atoms with E-state index in [9.17, 15) is 36.2 Å². The topological polar surface area (TPSA) is 89.3 Å². The molecule has 0 aliphatic carbocycles. The first-order chi connectivity index (χ1) is 14.4. The summed E-state index contributed by atoms with van der Waals surface area (Å²) in [4.78, 5) is 16.6. The first kappa shape index (κ1) is 21.6. The van der Waals surface area contributed by atoms with Crippen LogP contribution in [0.2, 0.25) is 0 Å². The number of nitrogens with zero attached hydrogens (tertiary/aromatic N) is 3. The quantitative estimate of drug-likeness (QED) is 0.703. The SMILES string of the molecule is Cn1cc(C2C3OC(CC3O)C2C(=O)Nc2cc(C(F)(F)F)ccn2)c(C(F)(F)F)n1. The van der Waals surface area contributed by atoms with E-state index < -0.39 is 65.5 Å². The maximum Gasteiger partial charge on any atom is 0.435 e. The Kier molecular flexibility index (Phi) is 5.00. The number of fused-ring (bicyclic) bond motifs is 2. The van der Waals surface area contributed by atoms with E-state index in [0.29, 0.717) is 6.07 Å². The van der Waals surface area contributed by atoms with Crippen LogP contribution in [0.3, 0.4) is 0 Å². The molecule has 2 bridgehead atoms. The molecule has 0 aromatic carbocycles. The van der Waals surface area contributed by atoms with Gasteiger partial charge in [-0.25, -0.2) is 4.98 Å². The molecule has 2 aliphatic heterocycles. The lowest BCUT2D eigenvalue weighted by molar-refractivity contribution is -0.143. The highest BCUT2D eigenvalue weighted by Gasteiger charge is 2.59. The minimum absolute atomic E-state index is 0.0108. The van der Waals surface area contributed by atoms with Crippen LogP contribution in [0, 0.1) is 5.92 Å². The summed E-state index contributed by atoms with van der Waals surface area (Å²) in [5, 5.41) is 15.8. The van der Waals surface area contributed by atoms with Gasteiger partial charge in [0.1, 0.15) is 5.82 Å². The number of carbonyl (C=O) groups is 1. The third kappa shape index (κ3) is 3.87. The fourth-order valence-corrected chi connectivity index (χ4v) is 4.27. The van der Waals surface area contributed by atoms with Crippen LogP contribution in [0.5, 0.6) is 0 Å². The van der Waals surface area contributed by atoms with Gasteiger partial charge in [-0.1, -0.05) is 0 Å². The average Bonchev–Trinajstić information content (AvgIpc) is 3.32. The van der Waals surface area contributed by atoms with Crippen molar-refractivity contribution in [3.05, 3.63) is 41.3 Å². The van der Waals surface area contributed by atoms with Crippen molar-refractivity contribution < 1.29 is 41.0 Å². The summed E-state index contributed by atoms with van der Waals surface area (Å²) in [5.41, 5.74) is -2.57. The molecule has 0 spiro atoms. The average molecular weight is 450 g/mol. The summed E-state index contributed by atoms with van der Waals surface area (Å²) in [6, 6.07) is 1.35. The molecular weight excluding hydrogens is 434 g/mol. The number of rotatable bonds is 3. The normalized spacial score (nSPS) is 28.2. The van der Waals surface area contributed by atoms with Crippen LogP contribution in [0.25, 0.3) is 0 Å². The Hall–Kier alpha value is -2.67. The van der Waals surface area contributed by atoms with Crippen molar-refractivity contribution in [2.24, 2.45) is 13.0 Å². The fourth-order valence-electron chi connectivity index (χ4n) is 4.27. The summed E-state index contributed by atoms with van der Waals surface area (Å²) in [6.07, 6.45) is -10.6. The second-order valence-corrected chi connectivity index (χ2v) is 7.52. The van der Waals surface area contributed by atoms with E-state index in [2.05, 4.69) is 15.4 Å². The smallest absolute Gasteiger partial charge is 0.390 e. The molecule has 2 fully saturated rings. The molecule has 2 aromatic heterocycles. The number of ether oxygens (including phenoxy) is 1. The lowest BCUT2D eigenvalue weighted by Crippen LogP contribution is -2.41. The standard InChI is InChI=1S/C18H16F6N4O3/c1-28-6-8(15(27-28)18(22,23)24)12-13(10-5-9(29)14(12)31-10)16(30)26-11-4-7(2-3-25-11)17(19,20)21/h2-4,6,9-10,12-14,29H,5H2,1H3,(H,25,26,30). The predicted molar refractivity (Wildman–Crippen MR) is 91.6 cm³/mol. The first-order valence-corrected chi connectivity index (χ1v) is 9.14. The van der Waals surface area contributed by atoms with Crippen molar-refractivity contribution in [2.45, 2.75) is 43.0 Å². The van der Waals surface area contributed by atoms with E-state index in [0.717, 1.165) is 23.1 Å². The van der Waals surface area contributed by atoms with Crippen LogP contribution in [0.15, 0.2) is 24.5 Å². The molecule has 2 N–H and O–H groups in total. The Labute approximate surface area is 171 Å². The Bertz CT molecular complexity index is 1000. The molecule has 4 heterocycles. The van der Waals surface area contributed by atoms with Crippen molar-refractivity contribution in [1.29, 1.82) is 0 Å². The number of anilines is 1. The van der Waals surface area contributed by atoms with Gasteiger partial charge in [0.15, 0.2) is 5.69 Å². The van der Waals surface area contributed by atoms with Gasteiger partial charge >= 0.3 is 12.4 Å². The summed E-state index contributed by atoms with van der Waals surface area (Å²) in [6.45, 7) is 0. The number of aryl methyl sites for hydroxylation is 1. The first-order valence-electron chi connectivity index (χ1n) is 9.14. The highest BCUT2D eigenvalue weighted by atomic mass is 19.4. The molecular formula is C18H16F6N4O3. The van der Waals surface area contributed by atoms with Crippen LogP contribution in [-0.4, -0.2) is 44.1 Å². The number of alkyl halides is 6. The molecule has 7 nitrogen and oxygen atoms in total. The number of nitrogens with one attached hydrogen (secondary N) is 1. The Morgan fingerprint density at radius 2 is 1.97 bits per heavy atom. The summed E-state index contributed by atoms with van der Waals surface area (Å²) < 4.78 is 85.7. The maximum absolute atomic E-state index is 13.5. The second kappa shape index (κ2) is 7.19. The number of amides is 1. The molecule has 1 amide bonds. The van der Waals surface area contributed by atoms with Gasteiger partial charge in [0.2, 0.25) is 5.91 Å². The van der Waals surface area contributed by atoms with Crippen LogP contribution in [0.1, 0.15) is 29.2 Å². The van der Waals surface area contributed by atoms with Gasteiger partial charge < -0.3 is 15.2 Å². The van der Waals surface area contributed by atoms with Crippen molar-refractivity contribution >= 4 is 11.7 Å². The zero-order chi connectivity index (χ0) is 22.7. The maximum atomic E-state index is 13.5. The van der Waals surface area contributed by atoms with Gasteiger partial charge in [0.05, 0.1) is 29.8 Å². The van der Waals surface area contributed by atoms with Crippen molar-refractivity contribution in [2.75, 3.05) is 5.32 Å². The van der Waals surface area contributed by atoms with E-state index in [1.165, 1.54) is 7.05 Å². The zero-order valence-electron chi connectivity index (χ0n) is 15.8. The number of aliphatic hydroxyl groups excluding tert-OH is 1. The van der Waals surface area contributed by atoms with E-state index >= 15 is 0 Å². The molecule has 4 rings (SSSR count). The Morgan fingerprint density at radius 3 is 2.61 bits per heavy atom. The van der Waals surface area contributed by atoms with Crippen LogP contribution in [0.4, 0.5) is 32.2 Å². The monoisotopic (exact) mass is 450 g/mol. The minimum atomic E-state index is -4.81.